The highest BCUT2D eigenvalue weighted by Crippen LogP contribution is 2.20. The normalized spacial score (nSPS) is 12.2. The van der Waals surface area contributed by atoms with E-state index < -0.39 is 6.03 Å². The van der Waals surface area contributed by atoms with Gasteiger partial charge in [-0.15, -0.1) is 0 Å². The summed E-state index contributed by atoms with van der Waals surface area (Å²) in [5.41, 5.74) is 13.0. The number of urea groups is 1. The van der Waals surface area contributed by atoms with Gasteiger partial charge in [-0.3, -0.25) is 4.90 Å². The van der Waals surface area contributed by atoms with Gasteiger partial charge < -0.3 is 11.5 Å². The zero-order chi connectivity index (χ0) is 12.1. The van der Waals surface area contributed by atoms with Crippen molar-refractivity contribution in [1.29, 1.82) is 0 Å². The number of hydrogen-bond acceptors (Lipinski definition) is 2. The molecule has 16 heavy (non-hydrogen) atoms. The summed E-state index contributed by atoms with van der Waals surface area (Å²) in [5.74, 6) is 0. The minimum atomic E-state index is -0.460. The monoisotopic (exact) mass is 221 g/mol. The SMILES string of the molecule is CCc1ccccc1N(CC(C)N)C(N)=O. The minimum absolute atomic E-state index is 0.0996. The summed E-state index contributed by atoms with van der Waals surface area (Å²) in [7, 11) is 0. The number of rotatable bonds is 4. The number of amides is 2. The van der Waals surface area contributed by atoms with Gasteiger partial charge in [-0.2, -0.15) is 0 Å². The molecule has 0 radical (unpaired) electrons. The molecule has 0 saturated heterocycles. The first-order chi connectivity index (χ1) is 7.56. The third kappa shape index (κ3) is 2.97. The van der Waals surface area contributed by atoms with Crippen molar-refractivity contribution >= 4 is 11.7 Å². The van der Waals surface area contributed by atoms with Crippen LogP contribution in [0.4, 0.5) is 10.5 Å². The number of carbonyl (C=O) groups excluding carboxylic acids is 1. The van der Waals surface area contributed by atoms with Crippen LogP contribution >= 0.6 is 0 Å². The fraction of sp³-hybridized carbons (Fsp3) is 0.417. The summed E-state index contributed by atoms with van der Waals surface area (Å²) >= 11 is 0. The number of benzene rings is 1. The number of primary amides is 1. The fourth-order valence-corrected chi connectivity index (χ4v) is 1.67. The number of hydrogen-bond donors (Lipinski definition) is 2. The van der Waals surface area contributed by atoms with Gasteiger partial charge in [0.1, 0.15) is 0 Å². The Morgan fingerprint density at radius 1 is 1.44 bits per heavy atom. The van der Waals surface area contributed by atoms with Crippen LogP contribution < -0.4 is 16.4 Å². The van der Waals surface area contributed by atoms with Crippen LogP contribution in [0.2, 0.25) is 0 Å². The lowest BCUT2D eigenvalue weighted by molar-refractivity contribution is 0.253. The lowest BCUT2D eigenvalue weighted by Crippen LogP contribution is -2.43. The third-order valence-corrected chi connectivity index (χ3v) is 2.40. The Morgan fingerprint density at radius 3 is 2.56 bits per heavy atom. The van der Waals surface area contributed by atoms with Crippen molar-refractivity contribution in [1.82, 2.24) is 0 Å². The van der Waals surface area contributed by atoms with Gasteiger partial charge in [0.05, 0.1) is 0 Å². The van der Waals surface area contributed by atoms with E-state index in [0.717, 1.165) is 17.7 Å². The Bertz CT molecular complexity index is 363. The Labute approximate surface area is 96.2 Å². The van der Waals surface area contributed by atoms with Gasteiger partial charge in [0.25, 0.3) is 0 Å². The predicted molar refractivity (Wildman–Crippen MR) is 66.4 cm³/mol. The average Bonchev–Trinajstić information content (AvgIpc) is 2.25. The quantitative estimate of drug-likeness (QED) is 0.808. The van der Waals surface area contributed by atoms with Crippen LogP contribution in [0.15, 0.2) is 24.3 Å². The Kier molecular flexibility index (Phi) is 4.31. The first-order valence-corrected chi connectivity index (χ1v) is 5.46. The summed E-state index contributed by atoms with van der Waals surface area (Å²) < 4.78 is 0. The van der Waals surface area contributed by atoms with Crippen molar-refractivity contribution in [3.63, 3.8) is 0 Å². The average molecular weight is 221 g/mol. The number of nitrogens with two attached hydrogens (primary N) is 2. The lowest BCUT2D eigenvalue weighted by Gasteiger charge is -2.24. The number of aryl methyl sites for hydroxylation is 1. The van der Waals surface area contributed by atoms with Crippen LogP contribution in [0, 0.1) is 0 Å². The molecule has 0 saturated carbocycles. The van der Waals surface area contributed by atoms with Crippen LogP contribution in [0.3, 0.4) is 0 Å². The molecular formula is C12H19N3O. The molecule has 0 heterocycles. The van der Waals surface area contributed by atoms with Gasteiger partial charge in [-0.1, -0.05) is 25.1 Å². The summed E-state index contributed by atoms with van der Waals surface area (Å²) in [4.78, 5) is 12.9. The zero-order valence-corrected chi connectivity index (χ0v) is 9.81. The summed E-state index contributed by atoms with van der Waals surface area (Å²) in [5, 5.41) is 0. The first-order valence-electron chi connectivity index (χ1n) is 5.46. The molecule has 0 aliphatic rings. The molecule has 1 aromatic rings. The van der Waals surface area contributed by atoms with Crippen LogP contribution in [0.1, 0.15) is 19.4 Å². The van der Waals surface area contributed by atoms with Crippen LogP contribution in [0.5, 0.6) is 0 Å². The van der Waals surface area contributed by atoms with E-state index in [0.29, 0.717) is 6.54 Å². The zero-order valence-electron chi connectivity index (χ0n) is 9.81. The molecule has 0 fully saturated rings. The molecule has 1 atom stereocenters. The maximum Gasteiger partial charge on any atom is 0.319 e. The van der Waals surface area contributed by atoms with E-state index in [2.05, 4.69) is 0 Å². The molecule has 4 N–H and O–H groups in total. The molecule has 88 valence electrons. The van der Waals surface area contributed by atoms with E-state index >= 15 is 0 Å². The number of anilines is 1. The molecule has 0 aliphatic carbocycles. The van der Waals surface area contributed by atoms with Gasteiger partial charge in [-0.25, -0.2) is 4.79 Å². The summed E-state index contributed by atoms with van der Waals surface area (Å²) in [6.07, 6.45) is 0.860. The second-order valence-electron chi connectivity index (χ2n) is 3.91. The molecule has 0 bridgehead atoms. The summed E-state index contributed by atoms with van der Waals surface area (Å²) in [6, 6.07) is 7.17. The Hall–Kier alpha value is -1.55. The van der Waals surface area contributed by atoms with Crippen LogP contribution in [-0.4, -0.2) is 18.6 Å². The van der Waals surface area contributed by atoms with Crippen LogP contribution in [0.25, 0.3) is 0 Å². The lowest BCUT2D eigenvalue weighted by atomic mass is 10.1. The van der Waals surface area contributed by atoms with Gasteiger partial charge in [-0.05, 0) is 25.0 Å². The minimum Gasteiger partial charge on any atom is -0.351 e. The van der Waals surface area contributed by atoms with Crippen molar-refractivity contribution in [2.24, 2.45) is 11.5 Å². The second-order valence-corrected chi connectivity index (χ2v) is 3.91. The molecule has 0 spiro atoms. The molecule has 4 nitrogen and oxygen atoms in total. The number of nitrogens with zero attached hydrogens (tertiary/aromatic N) is 1. The van der Waals surface area contributed by atoms with Gasteiger partial charge in [0, 0.05) is 18.3 Å². The van der Waals surface area contributed by atoms with Crippen molar-refractivity contribution < 1.29 is 4.79 Å². The summed E-state index contributed by atoms with van der Waals surface area (Å²) in [6.45, 7) is 4.33. The topological polar surface area (TPSA) is 72.3 Å². The van der Waals surface area contributed by atoms with E-state index in [9.17, 15) is 4.79 Å². The van der Waals surface area contributed by atoms with E-state index in [1.165, 1.54) is 4.90 Å². The van der Waals surface area contributed by atoms with Crippen molar-refractivity contribution in [2.45, 2.75) is 26.3 Å². The van der Waals surface area contributed by atoms with Gasteiger partial charge in [0.15, 0.2) is 0 Å². The molecular weight excluding hydrogens is 202 g/mol. The maximum absolute atomic E-state index is 11.4. The standard InChI is InChI=1S/C12H19N3O/c1-3-10-6-4-5-7-11(10)15(12(14)16)8-9(2)13/h4-7,9H,3,8,13H2,1-2H3,(H2,14,16). The molecule has 1 rings (SSSR count). The number of para-hydroxylation sites is 1. The van der Waals surface area contributed by atoms with E-state index in [-0.39, 0.29) is 6.04 Å². The maximum atomic E-state index is 11.4. The van der Waals surface area contributed by atoms with Gasteiger partial charge >= 0.3 is 6.03 Å². The molecule has 2 amide bonds. The van der Waals surface area contributed by atoms with Crippen molar-refractivity contribution in [2.75, 3.05) is 11.4 Å². The molecule has 0 aliphatic heterocycles. The Balaban J connectivity index is 3.05. The van der Waals surface area contributed by atoms with E-state index in [1.807, 2.05) is 38.1 Å². The largest absolute Gasteiger partial charge is 0.351 e. The smallest absolute Gasteiger partial charge is 0.319 e. The van der Waals surface area contributed by atoms with Crippen LogP contribution in [-0.2, 0) is 6.42 Å². The first kappa shape index (κ1) is 12.5. The fourth-order valence-electron chi connectivity index (χ4n) is 1.67. The van der Waals surface area contributed by atoms with E-state index in [4.69, 9.17) is 11.5 Å². The number of carbonyl (C=O) groups is 1. The molecule has 1 unspecified atom stereocenters. The molecule has 4 heteroatoms. The highest BCUT2D eigenvalue weighted by Gasteiger charge is 2.16. The highest BCUT2D eigenvalue weighted by atomic mass is 16.2. The highest BCUT2D eigenvalue weighted by molar-refractivity contribution is 5.91. The second kappa shape index (κ2) is 5.51. The Morgan fingerprint density at radius 2 is 2.06 bits per heavy atom. The van der Waals surface area contributed by atoms with Gasteiger partial charge in [0.2, 0.25) is 0 Å². The van der Waals surface area contributed by atoms with E-state index in [1.54, 1.807) is 0 Å². The van der Waals surface area contributed by atoms with Crippen molar-refractivity contribution in [3.05, 3.63) is 29.8 Å². The van der Waals surface area contributed by atoms with Crippen molar-refractivity contribution in [3.8, 4) is 0 Å². The third-order valence-electron chi connectivity index (χ3n) is 2.40. The molecule has 1 aromatic carbocycles. The predicted octanol–water partition coefficient (Wildman–Crippen LogP) is 1.48. The molecule has 0 aromatic heterocycles.